The van der Waals surface area contributed by atoms with Crippen molar-refractivity contribution in [3.63, 3.8) is 0 Å². The summed E-state index contributed by atoms with van der Waals surface area (Å²) in [5, 5.41) is 0. The molecule has 0 aromatic carbocycles. The number of rotatable bonds is 19. The van der Waals surface area contributed by atoms with Gasteiger partial charge in [0, 0.05) is 30.9 Å². The quantitative estimate of drug-likeness (QED) is 0.0516. The van der Waals surface area contributed by atoms with Crippen LogP contribution in [0.15, 0.2) is 0 Å². The summed E-state index contributed by atoms with van der Waals surface area (Å²) >= 11 is 0. The molecule has 0 radical (unpaired) electrons. The number of unbranched alkanes of at least 4 members (excludes halogenated alkanes) is 11. The van der Waals surface area contributed by atoms with Gasteiger partial charge in [-0.05, 0) is 84.4 Å². The van der Waals surface area contributed by atoms with Crippen molar-refractivity contribution in [2.45, 2.75) is 103 Å². The zero-order chi connectivity index (χ0) is 31.9. The van der Waals surface area contributed by atoms with Crippen molar-refractivity contribution in [1.29, 1.82) is 0 Å². The number of hydrogen-bond donors (Lipinski definition) is 1. The number of ether oxygens (including phenoxy) is 2. The summed E-state index contributed by atoms with van der Waals surface area (Å²) < 4.78 is 25.0. The fourth-order valence-electron chi connectivity index (χ4n) is 3.31. The first-order valence-corrected chi connectivity index (χ1v) is 15.7. The fraction of sp³-hybridized carbons (Fsp3) is 0.529. The second-order valence-corrected chi connectivity index (χ2v) is 10.1. The Kier molecular flexibility index (Phi) is 41.3. The van der Waals surface area contributed by atoms with E-state index in [1.165, 1.54) is 51.4 Å². The van der Waals surface area contributed by atoms with Crippen molar-refractivity contribution in [1.82, 2.24) is 6.15 Å². The summed E-state index contributed by atoms with van der Waals surface area (Å²) in [6.45, 7) is 2.53. The summed E-state index contributed by atoms with van der Waals surface area (Å²) in [7, 11) is -5.32. The first-order chi connectivity index (χ1) is 20.8. The Labute approximate surface area is 339 Å². The van der Waals surface area contributed by atoms with Crippen LogP contribution in [-0.4, -0.2) is 31.3 Å². The van der Waals surface area contributed by atoms with E-state index in [1.54, 1.807) is 6.92 Å². The Bertz CT molecular complexity index is 1410. The zero-order valence-electron chi connectivity index (χ0n) is 27.6. The molecule has 0 unspecified atom stereocenters. The van der Waals surface area contributed by atoms with Gasteiger partial charge in [-0.3, -0.25) is 4.79 Å². The van der Waals surface area contributed by atoms with Gasteiger partial charge < -0.3 is 34.5 Å². The molecule has 0 heterocycles. The second-order valence-electron chi connectivity index (χ2n) is 8.97. The summed E-state index contributed by atoms with van der Waals surface area (Å²) in [6.07, 6.45) is 12.5. The minimum absolute atomic E-state index is 0. The van der Waals surface area contributed by atoms with Crippen LogP contribution < -0.4 is 75.1 Å². The van der Waals surface area contributed by atoms with Gasteiger partial charge in [0.2, 0.25) is 0 Å². The van der Waals surface area contributed by atoms with E-state index >= 15 is 0 Å². The van der Waals surface area contributed by atoms with Crippen molar-refractivity contribution in [3.8, 4) is 82.9 Å². The Morgan fingerprint density at radius 1 is 0.674 bits per heavy atom. The standard InChI is InChI=1S/C34H39O8P.H3N.2Na.13H2/c1-3-5-7-9-11-13-15-17-19-20-22-24-26-28-33(35)40-30-32(31-41-43(37,38)39)42-34(36)29-27-25-23-21-18-16-14-12-10-8-6-4-2;;;;;;;;;;;;;;;;/h32H,4,6,8,10,12,14,16,18,21,23,25,27,29-31H2,1-2H3,(H2,37,38,39);1H3;;;13*1H/q;;2*+1;;;;;;;;;;;;;/p-2/t32-;;;;;;;;;;;;;;;;/m1................/s1. The van der Waals surface area contributed by atoms with Crippen LogP contribution in [0.4, 0.5) is 0 Å². The SMILES string of the molecule is CC#CC#CC#CC#CC#CC#CC#CC(=O)OC[C@H](COP(=O)([O-])[O-])OC(=O)CCCCCCCCCCCCCC.N.[HH].[HH].[HH].[HH].[HH].[HH].[HH].[HH].[HH].[HH].[HH].[HH].[HH].[Na+].[Na+]. The van der Waals surface area contributed by atoms with E-state index < -0.39 is 39.1 Å². The van der Waals surface area contributed by atoms with Crippen molar-refractivity contribution >= 4 is 19.8 Å². The molecule has 0 fully saturated rings. The molecule has 0 aliphatic carbocycles. The average molecular weight is 694 g/mol. The Hall–Kier alpha value is -2.07. The number of esters is 2. The third-order valence-corrected chi connectivity index (χ3v) is 5.79. The molecule has 3 N–H and O–H groups in total. The third-order valence-electron chi connectivity index (χ3n) is 5.33. The largest absolute Gasteiger partial charge is 1.00 e. The second kappa shape index (κ2) is 37.4. The average Bonchev–Trinajstić information content (AvgIpc) is 2.97. The smallest absolute Gasteiger partial charge is 0.790 e. The van der Waals surface area contributed by atoms with Crippen LogP contribution in [0.25, 0.3) is 0 Å². The molecule has 0 bridgehead atoms. The van der Waals surface area contributed by atoms with Crippen LogP contribution >= 0.6 is 7.82 Å². The van der Waals surface area contributed by atoms with Crippen LogP contribution in [0.2, 0.25) is 0 Å². The minimum atomic E-state index is -5.32. The number of carbonyl (C=O) groups is 2. The molecule has 0 rings (SSSR count). The fourth-order valence-corrected chi connectivity index (χ4v) is 3.66. The monoisotopic (exact) mass is 693 g/mol. The minimum Gasteiger partial charge on any atom is -0.790 e. The molecule has 9 nitrogen and oxygen atoms in total. The van der Waals surface area contributed by atoms with E-state index in [9.17, 15) is 23.9 Å². The molecule has 0 amide bonds. The molecule has 0 saturated heterocycles. The molecular formula is C34H66NNa2O8P. The molecule has 0 saturated carbocycles. The molecule has 46 heavy (non-hydrogen) atoms. The van der Waals surface area contributed by atoms with Crippen molar-refractivity contribution in [2.75, 3.05) is 13.2 Å². The van der Waals surface area contributed by atoms with Gasteiger partial charge in [-0.1, -0.05) is 83.5 Å². The maximum atomic E-state index is 12.2. The molecular weight excluding hydrogens is 627 g/mol. The molecule has 0 aromatic rings. The van der Waals surface area contributed by atoms with E-state index in [-0.39, 0.29) is 90.2 Å². The molecule has 262 valence electrons. The third kappa shape index (κ3) is 40.0. The van der Waals surface area contributed by atoms with Crippen LogP contribution in [0.1, 0.15) is 116 Å². The van der Waals surface area contributed by atoms with Gasteiger partial charge in [0.25, 0.3) is 0 Å². The molecule has 0 aliphatic heterocycles. The normalized spacial score (nSPS) is 9.13. The molecule has 0 aromatic heterocycles. The van der Waals surface area contributed by atoms with Gasteiger partial charge in [-0.15, -0.1) is 0 Å². The summed E-state index contributed by atoms with van der Waals surface area (Å²) in [5.41, 5.74) is 0. The van der Waals surface area contributed by atoms with Gasteiger partial charge in [0.15, 0.2) is 6.10 Å². The van der Waals surface area contributed by atoms with Crippen LogP contribution in [0, 0.1) is 82.9 Å². The van der Waals surface area contributed by atoms with Gasteiger partial charge in [-0.25, -0.2) is 4.79 Å². The molecule has 12 heteroatoms. The van der Waals surface area contributed by atoms with E-state index in [2.05, 4.69) is 94.3 Å². The van der Waals surface area contributed by atoms with Crippen LogP contribution in [-0.2, 0) is 28.2 Å². The van der Waals surface area contributed by atoms with E-state index in [0.29, 0.717) is 6.42 Å². The van der Waals surface area contributed by atoms with E-state index in [0.717, 1.165) is 19.3 Å². The number of phosphoric acid groups is 1. The molecule has 0 aliphatic rings. The Morgan fingerprint density at radius 3 is 1.52 bits per heavy atom. The van der Waals surface area contributed by atoms with Gasteiger partial charge >= 0.3 is 71.1 Å². The van der Waals surface area contributed by atoms with E-state index in [4.69, 9.17) is 9.47 Å². The first kappa shape index (κ1) is 50.8. The van der Waals surface area contributed by atoms with Crippen molar-refractivity contribution in [3.05, 3.63) is 0 Å². The summed E-state index contributed by atoms with van der Waals surface area (Å²) in [4.78, 5) is 45.7. The van der Waals surface area contributed by atoms with Gasteiger partial charge in [-0.2, -0.15) is 0 Å². The topological polar surface area (TPSA) is 160 Å². The Morgan fingerprint density at radius 2 is 1.09 bits per heavy atom. The molecule has 1 atom stereocenters. The summed E-state index contributed by atoms with van der Waals surface area (Å²) in [5.74, 6) is 32.1. The maximum absolute atomic E-state index is 12.2. The predicted octanol–water partition coefficient (Wildman–Crippen LogP) is 0.790. The number of phosphoric ester groups is 1. The molecule has 0 spiro atoms. The van der Waals surface area contributed by atoms with Crippen molar-refractivity contribution in [2.24, 2.45) is 0 Å². The maximum Gasteiger partial charge on any atom is 1.00 e. The van der Waals surface area contributed by atoms with Crippen LogP contribution in [0.5, 0.6) is 0 Å². The van der Waals surface area contributed by atoms with Crippen molar-refractivity contribution < 1.29 is 116 Å². The zero-order valence-corrected chi connectivity index (χ0v) is 32.5. The summed E-state index contributed by atoms with van der Waals surface area (Å²) in [6, 6.07) is 0. The Balaban J connectivity index is -0.0000000735. The predicted molar refractivity (Wildman–Crippen MR) is 193 cm³/mol. The number of carbonyl (C=O) groups excluding carboxylic acids is 2. The van der Waals surface area contributed by atoms with Gasteiger partial charge in [0.1, 0.15) is 6.61 Å². The van der Waals surface area contributed by atoms with Gasteiger partial charge in [0.05, 0.1) is 14.4 Å². The number of hydrogen-bond acceptors (Lipinski definition) is 9. The first-order valence-electron chi connectivity index (χ1n) is 14.2. The van der Waals surface area contributed by atoms with E-state index in [1.807, 2.05) is 0 Å². The van der Waals surface area contributed by atoms with Crippen LogP contribution in [0.3, 0.4) is 0 Å².